The topological polar surface area (TPSA) is 75.7 Å². The first-order chi connectivity index (χ1) is 13.7. The number of amides is 2. The quantitative estimate of drug-likeness (QED) is 0.810. The summed E-state index contributed by atoms with van der Waals surface area (Å²) in [4.78, 5) is 19.3. The van der Waals surface area contributed by atoms with Crippen molar-refractivity contribution in [3.63, 3.8) is 0 Å². The Hall–Kier alpha value is -1.86. The van der Waals surface area contributed by atoms with E-state index in [0.717, 1.165) is 58.0 Å². The zero-order valence-electron chi connectivity index (χ0n) is 16.8. The Balaban J connectivity index is 1.32. The number of anilines is 2. The van der Waals surface area contributed by atoms with E-state index in [0.29, 0.717) is 5.69 Å². The van der Waals surface area contributed by atoms with Gasteiger partial charge in [-0.2, -0.15) is 0 Å². The maximum atomic E-state index is 12.6. The number of nitrogens with one attached hydrogen (secondary N) is 2. The fourth-order valence-corrected chi connectivity index (χ4v) is 5.03. The van der Waals surface area contributed by atoms with Gasteiger partial charge in [-0.1, -0.05) is 19.3 Å². The van der Waals surface area contributed by atoms with E-state index in [1.54, 1.807) is 6.20 Å². The zero-order valence-corrected chi connectivity index (χ0v) is 16.8. The Morgan fingerprint density at radius 2 is 2.07 bits per heavy atom. The van der Waals surface area contributed by atoms with Gasteiger partial charge in [-0.3, -0.25) is 0 Å². The largest absolute Gasteiger partial charge is 0.378 e. The highest BCUT2D eigenvalue weighted by Gasteiger charge is 2.56. The van der Waals surface area contributed by atoms with Gasteiger partial charge in [-0.25, -0.2) is 9.78 Å². The third-order valence-electron chi connectivity index (χ3n) is 6.58. The van der Waals surface area contributed by atoms with Crippen LogP contribution in [0, 0.1) is 5.41 Å². The standard InChI is InChI=1S/C21H32N4O3/c1-2-28-18-14-17(21(18)8-4-3-5-9-21)24-20(26)23-16-6-7-19(22-15-16)25-10-12-27-13-11-25/h6-7,15,17-18H,2-5,8-14H2,1H3,(H2,23,24,26)/t17-,18-/m1/s1. The number of aromatic nitrogens is 1. The van der Waals surface area contributed by atoms with Crippen molar-refractivity contribution in [2.24, 2.45) is 5.41 Å². The molecule has 154 valence electrons. The van der Waals surface area contributed by atoms with Gasteiger partial charge in [-0.05, 0) is 38.3 Å². The molecule has 7 heteroatoms. The molecule has 2 amide bonds. The number of carbonyl (C=O) groups excluding carboxylic acids is 1. The minimum Gasteiger partial charge on any atom is -0.378 e. The normalized spacial score (nSPS) is 26.5. The second-order valence-corrected chi connectivity index (χ2v) is 8.13. The number of rotatable bonds is 5. The fraction of sp³-hybridized carbons (Fsp3) is 0.714. The predicted octanol–water partition coefficient (Wildman–Crippen LogP) is 3.17. The first-order valence-corrected chi connectivity index (χ1v) is 10.7. The van der Waals surface area contributed by atoms with E-state index >= 15 is 0 Å². The van der Waals surface area contributed by atoms with Crippen LogP contribution in [0.15, 0.2) is 18.3 Å². The summed E-state index contributed by atoms with van der Waals surface area (Å²) in [5.74, 6) is 0.925. The van der Waals surface area contributed by atoms with Crippen LogP contribution in [0.2, 0.25) is 0 Å². The lowest BCUT2D eigenvalue weighted by atomic mass is 9.55. The summed E-state index contributed by atoms with van der Waals surface area (Å²) >= 11 is 0. The first-order valence-electron chi connectivity index (χ1n) is 10.7. The average Bonchev–Trinajstić information content (AvgIpc) is 2.75. The highest BCUT2D eigenvalue weighted by atomic mass is 16.5. The van der Waals surface area contributed by atoms with Crippen molar-refractivity contribution in [3.05, 3.63) is 18.3 Å². The van der Waals surface area contributed by atoms with Gasteiger partial charge in [0.25, 0.3) is 0 Å². The fourth-order valence-electron chi connectivity index (χ4n) is 5.03. The third-order valence-corrected chi connectivity index (χ3v) is 6.58. The van der Waals surface area contributed by atoms with Crippen molar-refractivity contribution in [1.82, 2.24) is 10.3 Å². The Labute approximate surface area is 167 Å². The zero-order chi connectivity index (χ0) is 19.4. The maximum Gasteiger partial charge on any atom is 0.319 e. The summed E-state index contributed by atoms with van der Waals surface area (Å²) < 4.78 is 11.4. The molecule has 2 N–H and O–H groups in total. The molecule has 3 aliphatic rings. The molecule has 1 saturated heterocycles. The summed E-state index contributed by atoms with van der Waals surface area (Å²) in [6.07, 6.45) is 8.99. The molecule has 1 aromatic rings. The number of urea groups is 1. The summed E-state index contributed by atoms with van der Waals surface area (Å²) in [5.41, 5.74) is 0.845. The summed E-state index contributed by atoms with van der Waals surface area (Å²) in [6, 6.07) is 3.92. The molecule has 1 aliphatic heterocycles. The molecule has 2 atom stereocenters. The number of morpholine rings is 1. The van der Waals surface area contributed by atoms with Crippen LogP contribution in [0.5, 0.6) is 0 Å². The van der Waals surface area contributed by atoms with Crippen LogP contribution in [-0.4, -0.2) is 56.1 Å². The van der Waals surface area contributed by atoms with E-state index in [1.807, 2.05) is 12.1 Å². The summed E-state index contributed by atoms with van der Waals surface area (Å²) in [5, 5.41) is 6.15. The molecule has 2 saturated carbocycles. The molecule has 7 nitrogen and oxygen atoms in total. The molecular formula is C21H32N4O3. The van der Waals surface area contributed by atoms with Crippen molar-refractivity contribution >= 4 is 17.5 Å². The Morgan fingerprint density at radius 3 is 2.75 bits per heavy atom. The average molecular weight is 389 g/mol. The number of pyridine rings is 1. The van der Waals surface area contributed by atoms with E-state index in [4.69, 9.17) is 9.47 Å². The van der Waals surface area contributed by atoms with Gasteiger partial charge in [0, 0.05) is 31.2 Å². The number of carbonyl (C=O) groups is 1. The van der Waals surface area contributed by atoms with Gasteiger partial charge in [0.05, 0.1) is 31.2 Å². The van der Waals surface area contributed by atoms with Crippen molar-refractivity contribution in [1.29, 1.82) is 0 Å². The smallest absolute Gasteiger partial charge is 0.319 e. The van der Waals surface area contributed by atoms with E-state index < -0.39 is 0 Å². The molecule has 1 spiro atoms. The van der Waals surface area contributed by atoms with Crippen molar-refractivity contribution in [3.8, 4) is 0 Å². The molecule has 0 bridgehead atoms. The van der Waals surface area contributed by atoms with Crippen LogP contribution in [0.25, 0.3) is 0 Å². The number of nitrogens with zero attached hydrogens (tertiary/aromatic N) is 2. The summed E-state index contributed by atoms with van der Waals surface area (Å²) in [6.45, 7) is 5.96. The lowest BCUT2D eigenvalue weighted by Crippen LogP contribution is -2.65. The van der Waals surface area contributed by atoms with Gasteiger partial charge in [-0.15, -0.1) is 0 Å². The SMILES string of the molecule is CCO[C@@H]1C[C@@H](NC(=O)Nc2ccc(N3CCOCC3)nc2)C12CCCCC2. The van der Waals surface area contributed by atoms with Crippen LogP contribution in [0.3, 0.4) is 0 Å². The number of ether oxygens (including phenoxy) is 2. The van der Waals surface area contributed by atoms with Crippen molar-refractivity contribution in [2.45, 2.75) is 57.6 Å². The second-order valence-electron chi connectivity index (χ2n) is 8.13. The number of hydrogen-bond acceptors (Lipinski definition) is 5. The molecule has 0 unspecified atom stereocenters. The first kappa shape index (κ1) is 19.5. The van der Waals surface area contributed by atoms with Crippen LogP contribution >= 0.6 is 0 Å². The third kappa shape index (κ3) is 3.96. The highest BCUT2D eigenvalue weighted by molar-refractivity contribution is 5.89. The minimum absolute atomic E-state index is 0.129. The molecule has 0 radical (unpaired) electrons. The van der Waals surface area contributed by atoms with Gasteiger partial charge < -0.3 is 25.0 Å². The van der Waals surface area contributed by atoms with Gasteiger partial charge >= 0.3 is 6.03 Å². The molecule has 4 rings (SSSR count). The van der Waals surface area contributed by atoms with E-state index in [1.165, 1.54) is 19.3 Å². The lowest BCUT2D eigenvalue weighted by Gasteiger charge is -2.57. The molecule has 2 aliphatic carbocycles. The highest BCUT2D eigenvalue weighted by Crippen LogP contribution is 2.53. The van der Waals surface area contributed by atoms with Crippen molar-refractivity contribution < 1.29 is 14.3 Å². The molecule has 3 fully saturated rings. The monoisotopic (exact) mass is 388 g/mol. The van der Waals surface area contributed by atoms with Crippen LogP contribution in [-0.2, 0) is 9.47 Å². The molecule has 28 heavy (non-hydrogen) atoms. The second kappa shape index (κ2) is 8.66. The molecule has 2 heterocycles. The minimum atomic E-state index is -0.147. The Morgan fingerprint density at radius 1 is 1.29 bits per heavy atom. The van der Waals surface area contributed by atoms with Gasteiger partial charge in [0.1, 0.15) is 5.82 Å². The maximum absolute atomic E-state index is 12.6. The van der Waals surface area contributed by atoms with Crippen LogP contribution in [0.1, 0.15) is 45.4 Å². The molecule has 1 aromatic heterocycles. The number of hydrogen-bond donors (Lipinski definition) is 2. The van der Waals surface area contributed by atoms with Crippen molar-refractivity contribution in [2.75, 3.05) is 43.1 Å². The molecular weight excluding hydrogens is 356 g/mol. The lowest BCUT2D eigenvalue weighted by molar-refractivity contribution is -0.146. The van der Waals surface area contributed by atoms with Gasteiger partial charge in [0.2, 0.25) is 0 Å². The summed E-state index contributed by atoms with van der Waals surface area (Å²) in [7, 11) is 0. The van der Waals surface area contributed by atoms with Crippen LogP contribution < -0.4 is 15.5 Å². The van der Waals surface area contributed by atoms with E-state index in [-0.39, 0.29) is 23.6 Å². The van der Waals surface area contributed by atoms with Gasteiger partial charge in [0.15, 0.2) is 0 Å². The van der Waals surface area contributed by atoms with E-state index in [2.05, 4.69) is 27.4 Å². The Bertz CT molecular complexity index is 654. The molecule has 0 aromatic carbocycles. The van der Waals surface area contributed by atoms with E-state index in [9.17, 15) is 4.79 Å². The Kier molecular flexibility index (Phi) is 6.01. The van der Waals surface area contributed by atoms with Crippen LogP contribution in [0.4, 0.5) is 16.3 Å². The predicted molar refractivity (Wildman–Crippen MR) is 109 cm³/mol.